The average molecular weight is 248 g/mol. The number of sulfone groups is 1. The summed E-state index contributed by atoms with van der Waals surface area (Å²) in [5.74, 6) is -0.0120. The van der Waals surface area contributed by atoms with Crippen molar-refractivity contribution in [3.8, 4) is 5.75 Å². The number of hydrogen-bond acceptors (Lipinski definition) is 3. The topological polar surface area (TPSA) is 54.4 Å². The fourth-order valence-corrected chi connectivity index (χ4v) is 2.79. The van der Waals surface area contributed by atoms with E-state index in [1.54, 1.807) is 31.2 Å². The van der Waals surface area contributed by atoms with Crippen molar-refractivity contribution in [2.24, 2.45) is 0 Å². The number of phenols is 1. The fraction of sp³-hybridized carbons (Fsp3) is 0.0769. The molecule has 0 amide bonds. The third-order valence-electron chi connectivity index (χ3n) is 2.54. The second kappa shape index (κ2) is 4.22. The number of rotatable bonds is 2. The van der Waals surface area contributed by atoms with E-state index >= 15 is 0 Å². The van der Waals surface area contributed by atoms with Crippen molar-refractivity contribution in [1.29, 1.82) is 0 Å². The van der Waals surface area contributed by atoms with Gasteiger partial charge in [0.15, 0.2) is 0 Å². The van der Waals surface area contributed by atoms with Crippen LogP contribution < -0.4 is 0 Å². The molecule has 4 heteroatoms. The minimum atomic E-state index is -3.54. The van der Waals surface area contributed by atoms with Crippen LogP contribution in [-0.4, -0.2) is 13.5 Å². The van der Waals surface area contributed by atoms with Crippen molar-refractivity contribution >= 4 is 9.84 Å². The number of aryl methyl sites for hydroxylation is 1. The SMILES string of the molecule is Cc1ccc(S(=O)(=O)c2ccccc2)cc1O. The van der Waals surface area contributed by atoms with Gasteiger partial charge in [0, 0.05) is 0 Å². The fourth-order valence-electron chi connectivity index (χ4n) is 1.49. The van der Waals surface area contributed by atoms with E-state index in [9.17, 15) is 13.5 Å². The van der Waals surface area contributed by atoms with Gasteiger partial charge < -0.3 is 5.11 Å². The number of hydrogen-bond donors (Lipinski definition) is 1. The van der Waals surface area contributed by atoms with E-state index < -0.39 is 9.84 Å². The summed E-state index contributed by atoms with van der Waals surface area (Å²) < 4.78 is 24.4. The van der Waals surface area contributed by atoms with Gasteiger partial charge in [0.2, 0.25) is 9.84 Å². The highest BCUT2D eigenvalue weighted by molar-refractivity contribution is 7.91. The van der Waals surface area contributed by atoms with Crippen LogP contribution in [0.2, 0.25) is 0 Å². The lowest BCUT2D eigenvalue weighted by atomic mass is 10.2. The third-order valence-corrected chi connectivity index (χ3v) is 4.31. The van der Waals surface area contributed by atoms with Crippen LogP contribution in [-0.2, 0) is 9.84 Å². The minimum absolute atomic E-state index is 0.0120. The van der Waals surface area contributed by atoms with Crippen molar-refractivity contribution in [2.75, 3.05) is 0 Å². The second-order valence-corrected chi connectivity index (χ2v) is 5.71. The highest BCUT2D eigenvalue weighted by atomic mass is 32.2. The van der Waals surface area contributed by atoms with Crippen molar-refractivity contribution < 1.29 is 13.5 Å². The maximum absolute atomic E-state index is 12.2. The summed E-state index contributed by atoms with van der Waals surface area (Å²) in [5.41, 5.74) is 0.650. The molecule has 0 bridgehead atoms. The Bertz CT molecular complexity index is 631. The van der Waals surface area contributed by atoms with E-state index in [1.165, 1.54) is 24.3 Å². The van der Waals surface area contributed by atoms with Crippen molar-refractivity contribution in [1.82, 2.24) is 0 Å². The highest BCUT2D eigenvalue weighted by Gasteiger charge is 2.17. The molecule has 0 unspecified atom stereocenters. The van der Waals surface area contributed by atoms with E-state index in [4.69, 9.17) is 0 Å². The first-order valence-corrected chi connectivity index (χ1v) is 6.60. The van der Waals surface area contributed by atoms with Crippen LogP contribution >= 0.6 is 0 Å². The van der Waals surface area contributed by atoms with Crippen LogP contribution in [0.4, 0.5) is 0 Å². The van der Waals surface area contributed by atoms with E-state index in [0.29, 0.717) is 5.56 Å². The lowest BCUT2D eigenvalue weighted by Crippen LogP contribution is -2.01. The first-order valence-electron chi connectivity index (χ1n) is 5.11. The van der Waals surface area contributed by atoms with Crippen molar-refractivity contribution in [2.45, 2.75) is 16.7 Å². The first-order chi connectivity index (χ1) is 8.01. The summed E-state index contributed by atoms with van der Waals surface area (Å²) in [4.78, 5) is 0.329. The van der Waals surface area contributed by atoms with Crippen LogP contribution in [0, 0.1) is 6.92 Å². The normalized spacial score (nSPS) is 11.4. The van der Waals surface area contributed by atoms with Gasteiger partial charge in [-0.25, -0.2) is 8.42 Å². The molecule has 0 atom stereocenters. The molecule has 0 aliphatic rings. The molecular formula is C13H12O3S. The van der Waals surface area contributed by atoms with E-state index in [0.717, 1.165) is 0 Å². The minimum Gasteiger partial charge on any atom is -0.508 e. The van der Waals surface area contributed by atoms with E-state index in [-0.39, 0.29) is 15.5 Å². The molecule has 2 rings (SSSR count). The number of phenolic OH excluding ortho intramolecular Hbond substituents is 1. The third kappa shape index (κ3) is 2.17. The Hall–Kier alpha value is -1.81. The summed E-state index contributed by atoms with van der Waals surface area (Å²) in [6.45, 7) is 1.72. The highest BCUT2D eigenvalue weighted by Crippen LogP contribution is 2.25. The molecule has 2 aromatic carbocycles. The predicted molar refractivity (Wildman–Crippen MR) is 64.7 cm³/mol. The summed E-state index contributed by atoms with van der Waals surface area (Å²) in [6.07, 6.45) is 0. The molecule has 0 saturated heterocycles. The average Bonchev–Trinajstić information content (AvgIpc) is 2.33. The number of aromatic hydroxyl groups is 1. The monoisotopic (exact) mass is 248 g/mol. The molecule has 0 heterocycles. The maximum Gasteiger partial charge on any atom is 0.206 e. The van der Waals surface area contributed by atoms with Gasteiger partial charge in [-0.2, -0.15) is 0 Å². The quantitative estimate of drug-likeness (QED) is 0.888. The van der Waals surface area contributed by atoms with Crippen LogP contribution in [0.3, 0.4) is 0 Å². The molecule has 0 aliphatic heterocycles. The van der Waals surface area contributed by atoms with E-state index in [1.807, 2.05) is 0 Å². The summed E-state index contributed by atoms with van der Waals surface area (Å²) in [6, 6.07) is 12.5. The Morgan fingerprint density at radius 2 is 1.59 bits per heavy atom. The standard InChI is InChI=1S/C13H12O3S/c1-10-7-8-12(9-13(10)14)17(15,16)11-5-3-2-4-6-11/h2-9,14H,1H3. The summed E-state index contributed by atoms with van der Waals surface area (Å²) in [7, 11) is -3.54. The molecule has 1 N–H and O–H groups in total. The second-order valence-electron chi connectivity index (χ2n) is 3.76. The largest absolute Gasteiger partial charge is 0.508 e. The van der Waals surface area contributed by atoms with Gasteiger partial charge in [-0.15, -0.1) is 0 Å². The van der Waals surface area contributed by atoms with Crippen molar-refractivity contribution in [3.05, 3.63) is 54.1 Å². The van der Waals surface area contributed by atoms with Crippen LogP contribution in [0.1, 0.15) is 5.56 Å². The van der Waals surface area contributed by atoms with Crippen LogP contribution in [0.25, 0.3) is 0 Å². The van der Waals surface area contributed by atoms with Gasteiger partial charge in [-0.05, 0) is 36.8 Å². The van der Waals surface area contributed by atoms with Gasteiger partial charge in [0.25, 0.3) is 0 Å². The van der Waals surface area contributed by atoms with Crippen molar-refractivity contribution in [3.63, 3.8) is 0 Å². The lowest BCUT2D eigenvalue weighted by Gasteiger charge is -2.06. The zero-order valence-electron chi connectivity index (χ0n) is 9.29. The molecule has 2 aromatic rings. The number of benzene rings is 2. The molecule has 0 radical (unpaired) electrons. The molecule has 0 aliphatic carbocycles. The van der Waals surface area contributed by atoms with Gasteiger partial charge in [-0.3, -0.25) is 0 Å². The summed E-state index contributed by atoms with van der Waals surface area (Å²) >= 11 is 0. The Morgan fingerprint density at radius 3 is 2.18 bits per heavy atom. The molecule has 3 nitrogen and oxygen atoms in total. The Kier molecular flexibility index (Phi) is 2.90. The van der Waals surface area contributed by atoms with Gasteiger partial charge in [0.05, 0.1) is 9.79 Å². The Labute approximate surface area is 100 Å². The van der Waals surface area contributed by atoms with Gasteiger partial charge >= 0.3 is 0 Å². The molecule has 88 valence electrons. The molecule has 0 spiro atoms. The zero-order valence-corrected chi connectivity index (χ0v) is 10.1. The van der Waals surface area contributed by atoms with Gasteiger partial charge in [0.1, 0.15) is 5.75 Å². The van der Waals surface area contributed by atoms with Crippen LogP contribution in [0.5, 0.6) is 5.75 Å². The van der Waals surface area contributed by atoms with Crippen LogP contribution in [0.15, 0.2) is 58.3 Å². The molecule has 0 saturated carbocycles. The summed E-state index contributed by atoms with van der Waals surface area (Å²) in [5, 5.41) is 9.55. The molecule has 0 aromatic heterocycles. The van der Waals surface area contributed by atoms with E-state index in [2.05, 4.69) is 0 Å². The first kappa shape index (κ1) is 11.7. The van der Waals surface area contributed by atoms with Gasteiger partial charge in [-0.1, -0.05) is 24.3 Å². The molecule has 17 heavy (non-hydrogen) atoms. The smallest absolute Gasteiger partial charge is 0.206 e. The maximum atomic E-state index is 12.2. The molecular weight excluding hydrogens is 236 g/mol. The lowest BCUT2D eigenvalue weighted by molar-refractivity contribution is 0.469. The predicted octanol–water partition coefficient (Wildman–Crippen LogP) is 2.53. The molecule has 0 fully saturated rings. The Morgan fingerprint density at radius 1 is 0.941 bits per heavy atom. The zero-order chi connectivity index (χ0) is 12.5. The Balaban J connectivity index is 2.57.